The van der Waals surface area contributed by atoms with Gasteiger partial charge in [0.1, 0.15) is 0 Å². The summed E-state index contributed by atoms with van der Waals surface area (Å²) in [5.41, 5.74) is 2.01. The Balaban J connectivity index is 1.71. The standard InChI is InChI=1S/C20H23N3O5S/c1-13(2)14-5-7-15(8-6-14)20-22-19(28-23-20)12-21-29(24,25)16-9-10-17(26-3)18(11-16)27-4/h5-11,13,21H,12H2,1-4H3. The molecule has 0 fully saturated rings. The van der Waals surface area contributed by atoms with Crippen LogP contribution in [0.3, 0.4) is 0 Å². The fourth-order valence-corrected chi connectivity index (χ4v) is 3.67. The molecule has 0 amide bonds. The van der Waals surface area contributed by atoms with E-state index >= 15 is 0 Å². The van der Waals surface area contributed by atoms with Gasteiger partial charge in [0.05, 0.1) is 25.7 Å². The minimum atomic E-state index is -3.80. The van der Waals surface area contributed by atoms with Gasteiger partial charge in [0.25, 0.3) is 0 Å². The van der Waals surface area contributed by atoms with Gasteiger partial charge in [0, 0.05) is 11.6 Å². The maximum atomic E-state index is 12.6. The third kappa shape index (κ3) is 4.75. The number of aromatic nitrogens is 2. The van der Waals surface area contributed by atoms with Crippen LogP contribution in [0, 0.1) is 0 Å². The zero-order valence-corrected chi connectivity index (χ0v) is 17.5. The van der Waals surface area contributed by atoms with Gasteiger partial charge >= 0.3 is 0 Å². The Kier molecular flexibility index (Phi) is 6.19. The molecule has 2 aromatic carbocycles. The van der Waals surface area contributed by atoms with Crippen LogP contribution in [0.1, 0.15) is 31.2 Å². The summed E-state index contributed by atoms with van der Waals surface area (Å²) in [6.07, 6.45) is 0. The highest BCUT2D eigenvalue weighted by atomic mass is 32.2. The van der Waals surface area contributed by atoms with Crippen molar-refractivity contribution in [1.82, 2.24) is 14.9 Å². The van der Waals surface area contributed by atoms with E-state index in [0.29, 0.717) is 23.2 Å². The topological polar surface area (TPSA) is 104 Å². The maximum Gasteiger partial charge on any atom is 0.242 e. The largest absolute Gasteiger partial charge is 0.493 e. The lowest BCUT2D eigenvalue weighted by Crippen LogP contribution is -2.23. The van der Waals surface area contributed by atoms with E-state index in [1.165, 1.54) is 38.0 Å². The molecule has 3 rings (SSSR count). The summed E-state index contributed by atoms with van der Waals surface area (Å²) in [6.45, 7) is 4.10. The highest BCUT2D eigenvalue weighted by Crippen LogP contribution is 2.29. The van der Waals surface area contributed by atoms with Gasteiger partial charge in [-0.3, -0.25) is 0 Å². The molecule has 1 aromatic heterocycles. The number of ether oxygens (including phenoxy) is 2. The van der Waals surface area contributed by atoms with Crippen molar-refractivity contribution < 1.29 is 22.4 Å². The van der Waals surface area contributed by atoms with Gasteiger partial charge in [0.2, 0.25) is 21.7 Å². The summed E-state index contributed by atoms with van der Waals surface area (Å²) in [7, 11) is -0.880. The van der Waals surface area contributed by atoms with E-state index in [9.17, 15) is 8.42 Å². The number of methoxy groups -OCH3 is 2. The number of nitrogens with zero attached hydrogens (tertiary/aromatic N) is 2. The fourth-order valence-electron chi connectivity index (χ4n) is 2.68. The summed E-state index contributed by atoms with van der Waals surface area (Å²) in [4.78, 5) is 4.30. The highest BCUT2D eigenvalue weighted by molar-refractivity contribution is 7.89. The highest BCUT2D eigenvalue weighted by Gasteiger charge is 2.18. The van der Waals surface area contributed by atoms with Crippen molar-refractivity contribution in [2.24, 2.45) is 0 Å². The van der Waals surface area contributed by atoms with Gasteiger partial charge in [0.15, 0.2) is 11.5 Å². The Labute approximate surface area is 169 Å². The second-order valence-electron chi connectivity index (χ2n) is 6.63. The van der Waals surface area contributed by atoms with E-state index in [1.807, 2.05) is 24.3 Å². The molecule has 0 bridgehead atoms. The smallest absolute Gasteiger partial charge is 0.242 e. The monoisotopic (exact) mass is 417 g/mol. The summed E-state index contributed by atoms with van der Waals surface area (Å²) >= 11 is 0. The first-order valence-corrected chi connectivity index (χ1v) is 10.5. The number of benzene rings is 2. The maximum absolute atomic E-state index is 12.6. The molecular weight excluding hydrogens is 394 g/mol. The molecule has 0 atom stereocenters. The van der Waals surface area contributed by atoms with Crippen LogP contribution in [-0.2, 0) is 16.6 Å². The van der Waals surface area contributed by atoms with Gasteiger partial charge in [-0.25, -0.2) is 13.1 Å². The van der Waals surface area contributed by atoms with Crippen LogP contribution in [-0.4, -0.2) is 32.8 Å². The quantitative estimate of drug-likeness (QED) is 0.599. The van der Waals surface area contributed by atoms with Crippen molar-refractivity contribution in [1.29, 1.82) is 0 Å². The Hall–Kier alpha value is -2.91. The van der Waals surface area contributed by atoms with E-state index in [1.54, 1.807) is 0 Å². The Morgan fingerprint density at radius 3 is 2.34 bits per heavy atom. The molecule has 0 unspecified atom stereocenters. The van der Waals surface area contributed by atoms with Crippen molar-refractivity contribution in [3.8, 4) is 22.9 Å². The molecule has 0 aliphatic carbocycles. The normalized spacial score (nSPS) is 11.6. The number of nitrogens with one attached hydrogen (secondary N) is 1. The summed E-state index contributed by atoms with van der Waals surface area (Å²) in [5.74, 6) is 1.75. The lowest BCUT2D eigenvalue weighted by Gasteiger charge is -2.10. The second kappa shape index (κ2) is 8.62. The Morgan fingerprint density at radius 2 is 1.72 bits per heavy atom. The van der Waals surface area contributed by atoms with Gasteiger partial charge < -0.3 is 14.0 Å². The van der Waals surface area contributed by atoms with E-state index < -0.39 is 10.0 Å². The Bertz CT molecular complexity index is 1080. The summed E-state index contributed by atoms with van der Waals surface area (Å²) in [6, 6.07) is 12.2. The molecule has 0 aliphatic rings. The molecule has 0 saturated carbocycles. The molecule has 1 heterocycles. The van der Waals surface area contributed by atoms with Crippen LogP contribution in [0.2, 0.25) is 0 Å². The molecule has 0 aliphatic heterocycles. The molecule has 0 saturated heterocycles. The number of hydrogen-bond donors (Lipinski definition) is 1. The first kappa shape index (κ1) is 20.8. The predicted molar refractivity (Wildman–Crippen MR) is 107 cm³/mol. The first-order valence-electron chi connectivity index (χ1n) is 8.98. The minimum Gasteiger partial charge on any atom is -0.493 e. The second-order valence-corrected chi connectivity index (χ2v) is 8.40. The van der Waals surface area contributed by atoms with Crippen LogP contribution in [0.4, 0.5) is 0 Å². The SMILES string of the molecule is COc1ccc(S(=O)(=O)NCc2nc(-c3ccc(C(C)C)cc3)no2)cc1OC. The third-order valence-electron chi connectivity index (χ3n) is 4.38. The minimum absolute atomic E-state index is 0.0409. The summed E-state index contributed by atoms with van der Waals surface area (Å²) in [5, 5.41) is 3.93. The molecule has 0 spiro atoms. The molecular formula is C20H23N3O5S. The molecule has 9 heteroatoms. The molecule has 3 aromatic rings. The lowest BCUT2D eigenvalue weighted by molar-refractivity contribution is 0.353. The molecule has 29 heavy (non-hydrogen) atoms. The predicted octanol–water partition coefficient (Wildman–Crippen LogP) is 3.36. The zero-order chi connectivity index (χ0) is 21.0. The van der Waals surface area contributed by atoms with Gasteiger partial charge in [-0.15, -0.1) is 0 Å². The van der Waals surface area contributed by atoms with Crippen LogP contribution >= 0.6 is 0 Å². The molecule has 0 radical (unpaired) electrons. The van der Waals surface area contributed by atoms with E-state index in [4.69, 9.17) is 14.0 Å². The van der Waals surface area contributed by atoms with Gasteiger partial charge in [-0.05, 0) is 23.6 Å². The fraction of sp³-hybridized carbons (Fsp3) is 0.300. The average molecular weight is 417 g/mol. The van der Waals surface area contributed by atoms with Crippen LogP contribution in [0.25, 0.3) is 11.4 Å². The van der Waals surface area contributed by atoms with Crippen molar-refractivity contribution in [2.75, 3.05) is 14.2 Å². The van der Waals surface area contributed by atoms with Crippen molar-refractivity contribution in [3.05, 3.63) is 53.9 Å². The molecule has 8 nitrogen and oxygen atoms in total. The van der Waals surface area contributed by atoms with E-state index in [2.05, 4.69) is 28.7 Å². The van der Waals surface area contributed by atoms with E-state index in [0.717, 1.165) is 5.56 Å². The van der Waals surface area contributed by atoms with Crippen LogP contribution in [0.5, 0.6) is 11.5 Å². The van der Waals surface area contributed by atoms with Crippen molar-refractivity contribution >= 4 is 10.0 Å². The number of hydrogen-bond acceptors (Lipinski definition) is 7. The first-order chi connectivity index (χ1) is 13.8. The number of rotatable bonds is 8. The van der Waals surface area contributed by atoms with Crippen LogP contribution < -0.4 is 14.2 Å². The van der Waals surface area contributed by atoms with E-state index in [-0.39, 0.29) is 17.3 Å². The Morgan fingerprint density at radius 1 is 1.03 bits per heavy atom. The molecule has 154 valence electrons. The van der Waals surface area contributed by atoms with Gasteiger partial charge in [-0.1, -0.05) is 43.3 Å². The van der Waals surface area contributed by atoms with Crippen molar-refractivity contribution in [3.63, 3.8) is 0 Å². The van der Waals surface area contributed by atoms with Crippen molar-refractivity contribution in [2.45, 2.75) is 31.2 Å². The molecule has 1 N–H and O–H groups in total. The lowest BCUT2D eigenvalue weighted by atomic mass is 10.0. The van der Waals surface area contributed by atoms with Crippen LogP contribution in [0.15, 0.2) is 51.9 Å². The summed E-state index contributed by atoms with van der Waals surface area (Å²) < 4.78 is 43.0. The zero-order valence-electron chi connectivity index (χ0n) is 16.7. The third-order valence-corrected chi connectivity index (χ3v) is 5.78. The van der Waals surface area contributed by atoms with Gasteiger partial charge in [-0.2, -0.15) is 4.98 Å². The average Bonchev–Trinajstić information content (AvgIpc) is 3.21. The number of sulfonamides is 1.